The summed E-state index contributed by atoms with van der Waals surface area (Å²) < 4.78 is 10.8. The van der Waals surface area contributed by atoms with Crippen LogP contribution in [0.4, 0.5) is 5.69 Å². The second-order valence-electron chi connectivity index (χ2n) is 8.01. The summed E-state index contributed by atoms with van der Waals surface area (Å²) in [4.78, 5) is 11.0. The number of morpholine rings is 1. The van der Waals surface area contributed by atoms with Crippen LogP contribution in [-0.4, -0.2) is 70.5 Å². The molecule has 170 valence electrons. The first-order valence-corrected chi connectivity index (χ1v) is 11.9. The minimum absolute atomic E-state index is 0.796. The number of nitrogens with zero attached hydrogens (tertiary/aromatic N) is 3. The molecule has 1 saturated heterocycles. The highest BCUT2D eigenvalue weighted by Gasteiger charge is 2.17. The van der Waals surface area contributed by atoms with Gasteiger partial charge in [-0.15, -0.1) is 11.3 Å². The fraction of sp³-hybridized carbons (Fsp3) is 0.400. The number of likely N-dealkylation sites (N-methyl/N-ethyl adjacent to an activating group) is 2. The summed E-state index contributed by atoms with van der Waals surface area (Å²) in [6.45, 7) is 6.22. The molecule has 1 fully saturated rings. The molecule has 4 rings (SSSR count). The molecule has 7 heteroatoms. The normalized spacial score (nSPS) is 14.2. The first kappa shape index (κ1) is 22.7. The second kappa shape index (κ2) is 10.9. The summed E-state index contributed by atoms with van der Waals surface area (Å²) >= 11 is 1.76. The predicted molar refractivity (Wildman–Crippen MR) is 133 cm³/mol. The van der Waals surface area contributed by atoms with Gasteiger partial charge in [-0.3, -0.25) is 4.90 Å². The number of nitrogens with one attached hydrogen (secondary N) is 1. The largest absolute Gasteiger partial charge is 0.497 e. The van der Waals surface area contributed by atoms with Gasteiger partial charge in [0.25, 0.3) is 0 Å². The lowest BCUT2D eigenvalue weighted by Crippen LogP contribution is -2.36. The average Bonchev–Trinajstić information content (AvgIpc) is 3.27. The monoisotopic (exact) mass is 452 g/mol. The maximum atomic E-state index is 5.48. The third kappa shape index (κ3) is 5.48. The van der Waals surface area contributed by atoms with Crippen LogP contribution in [0.1, 0.15) is 5.69 Å². The number of anilines is 1. The van der Waals surface area contributed by atoms with Gasteiger partial charge in [-0.25, -0.2) is 4.98 Å². The van der Waals surface area contributed by atoms with Crippen molar-refractivity contribution < 1.29 is 9.47 Å². The van der Waals surface area contributed by atoms with E-state index in [1.165, 1.54) is 16.1 Å². The Labute approximate surface area is 194 Å². The lowest BCUT2D eigenvalue weighted by molar-refractivity contribution is 0.122. The molecule has 1 aliphatic heterocycles. The van der Waals surface area contributed by atoms with Gasteiger partial charge in [-0.05, 0) is 68.2 Å². The van der Waals surface area contributed by atoms with Gasteiger partial charge in [-0.1, -0.05) is 0 Å². The molecule has 1 aliphatic rings. The standard InChI is InChI=1S/C25H32N4O2S/c1-26-12-13-28(2)18-23-24(19-6-10-22(30-3)11-7-19)32-25(27-23)20-4-8-21(9-5-20)29-14-16-31-17-15-29/h4-11,26H,12-18H2,1-3H3. The molecule has 32 heavy (non-hydrogen) atoms. The van der Waals surface area contributed by atoms with Crippen LogP contribution >= 0.6 is 11.3 Å². The van der Waals surface area contributed by atoms with Crippen molar-refractivity contribution in [2.24, 2.45) is 0 Å². The summed E-state index contributed by atoms with van der Waals surface area (Å²) in [5.74, 6) is 0.866. The SMILES string of the molecule is CNCCN(C)Cc1nc(-c2ccc(N3CCOCC3)cc2)sc1-c1ccc(OC)cc1. The van der Waals surface area contributed by atoms with Crippen LogP contribution in [0.15, 0.2) is 48.5 Å². The Morgan fingerprint density at radius 3 is 2.41 bits per heavy atom. The van der Waals surface area contributed by atoms with Crippen molar-refractivity contribution >= 4 is 17.0 Å². The molecular formula is C25H32N4O2S. The molecule has 0 radical (unpaired) electrons. The highest BCUT2D eigenvalue weighted by atomic mass is 32.1. The van der Waals surface area contributed by atoms with E-state index < -0.39 is 0 Å². The average molecular weight is 453 g/mol. The number of rotatable bonds is 9. The van der Waals surface area contributed by atoms with E-state index in [2.05, 4.69) is 58.6 Å². The van der Waals surface area contributed by atoms with Crippen molar-refractivity contribution in [2.75, 3.05) is 65.5 Å². The van der Waals surface area contributed by atoms with Gasteiger partial charge in [0.15, 0.2) is 0 Å². The van der Waals surface area contributed by atoms with Crippen LogP contribution in [0.2, 0.25) is 0 Å². The molecule has 1 N–H and O–H groups in total. The topological polar surface area (TPSA) is 49.9 Å². The fourth-order valence-corrected chi connectivity index (χ4v) is 4.91. The van der Waals surface area contributed by atoms with E-state index in [4.69, 9.17) is 14.5 Å². The number of thiazole rings is 1. The molecule has 2 aromatic carbocycles. The predicted octanol–water partition coefficient (Wildman–Crippen LogP) is 3.97. The molecule has 2 heterocycles. The van der Waals surface area contributed by atoms with Crippen molar-refractivity contribution in [3.8, 4) is 26.8 Å². The Bertz CT molecular complexity index is 982. The second-order valence-corrected chi connectivity index (χ2v) is 9.01. The van der Waals surface area contributed by atoms with Gasteiger partial charge < -0.3 is 19.7 Å². The Balaban J connectivity index is 1.61. The highest BCUT2D eigenvalue weighted by molar-refractivity contribution is 7.18. The third-order valence-corrected chi connectivity index (χ3v) is 6.90. The van der Waals surface area contributed by atoms with Gasteiger partial charge in [0.1, 0.15) is 10.8 Å². The number of benzene rings is 2. The van der Waals surface area contributed by atoms with Crippen LogP contribution < -0.4 is 15.0 Å². The summed E-state index contributed by atoms with van der Waals surface area (Å²) in [5.41, 5.74) is 4.70. The van der Waals surface area contributed by atoms with Crippen LogP contribution in [0, 0.1) is 0 Å². The molecule has 6 nitrogen and oxygen atoms in total. The summed E-state index contributed by atoms with van der Waals surface area (Å²) in [6.07, 6.45) is 0. The van der Waals surface area contributed by atoms with E-state index >= 15 is 0 Å². The molecule has 0 saturated carbocycles. The Hall–Kier alpha value is -2.45. The first-order valence-electron chi connectivity index (χ1n) is 11.1. The quantitative estimate of drug-likeness (QED) is 0.530. The number of aromatic nitrogens is 1. The van der Waals surface area contributed by atoms with Gasteiger partial charge in [0, 0.05) is 44.0 Å². The van der Waals surface area contributed by atoms with E-state index in [0.717, 1.165) is 68.0 Å². The van der Waals surface area contributed by atoms with E-state index in [1.54, 1.807) is 18.4 Å². The van der Waals surface area contributed by atoms with Crippen molar-refractivity contribution in [1.82, 2.24) is 15.2 Å². The first-order chi connectivity index (χ1) is 15.7. The van der Waals surface area contributed by atoms with E-state index in [1.807, 2.05) is 19.2 Å². The number of hydrogen-bond donors (Lipinski definition) is 1. The van der Waals surface area contributed by atoms with Gasteiger partial charge in [0.05, 0.1) is 30.9 Å². The smallest absolute Gasteiger partial charge is 0.124 e. The highest BCUT2D eigenvalue weighted by Crippen LogP contribution is 2.37. The molecule has 3 aromatic rings. The Morgan fingerprint density at radius 2 is 1.75 bits per heavy atom. The summed E-state index contributed by atoms with van der Waals surface area (Å²) in [5, 5.41) is 4.28. The number of ether oxygens (including phenoxy) is 2. The summed E-state index contributed by atoms with van der Waals surface area (Å²) in [6, 6.07) is 17.1. The Kier molecular flexibility index (Phi) is 7.76. The zero-order chi connectivity index (χ0) is 22.3. The van der Waals surface area contributed by atoms with Gasteiger partial charge >= 0.3 is 0 Å². The maximum Gasteiger partial charge on any atom is 0.124 e. The molecule has 0 atom stereocenters. The molecule has 0 bridgehead atoms. The van der Waals surface area contributed by atoms with Crippen LogP contribution in [0.5, 0.6) is 5.75 Å². The Morgan fingerprint density at radius 1 is 1.06 bits per heavy atom. The lowest BCUT2D eigenvalue weighted by Gasteiger charge is -2.28. The van der Waals surface area contributed by atoms with Crippen molar-refractivity contribution in [3.63, 3.8) is 0 Å². The van der Waals surface area contributed by atoms with Crippen LogP contribution in [-0.2, 0) is 11.3 Å². The molecule has 0 unspecified atom stereocenters. The van der Waals surface area contributed by atoms with Crippen LogP contribution in [0.3, 0.4) is 0 Å². The minimum atomic E-state index is 0.796. The molecular weight excluding hydrogens is 420 g/mol. The van der Waals surface area contributed by atoms with E-state index in [9.17, 15) is 0 Å². The van der Waals surface area contributed by atoms with Gasteiger partial charge in [-0.2, -0.15) is 0 Å². The molecule has 0 spiro atoms. The molecule has 0 aliphatic carbocycles. The van der Waals surface area contributed by atoms with Crippen molar-refractivity contribution in [1.29, 1.82) is 0 Å². The minimum Gasteiger partial charge on any atom is -0.497 e. The molecule has 1 aromatic heterocycles. The number of methoxy groups -OCH3 is 1. The number of hydrogen-bond acceptors (Lipinski definition) is 7. The summed E-state index contributed by atoms with van der Waals surface area (Å²) in [7, 11) is 5.83. The zero-order valence-corrected chi connectivity index (χ0v) is 20.0. The third-order valence-electron chi connectivity index (χ3n) is 5.70. The lowest BCUT2D eigenvalue weighted by atomic mass is 10.1. The maximum absolute atomic E-state index is 5.48. The van der Waals surface area contributed by atoms with Crippen molar-refractivity contribution in [2.45, 2.75) is 6.54 Å². The molecule has 0 amide bonds. The van der Waals surface area contributed by atoms with Crippen molar-refractivity contribution in [3.05, 3.63) is 54.2 Å². The van der Waals surface area contributed by atoms with Crippen LogP contribution in [0.25, 0.3) is 21.0 Å². The van der Waals surface area contributed by atoms with E-state index in [0.29, 0.717) is 0 Å². The van der Waals surface area contributed by atoms with E-state index in [-0.39, 0.29) is 0 Å². The zero-order valence-electron chi connectivity index (χ0n) is 19.1. The van der Waals surface area contributed by atoms with Gasteiger partial charge in [0.2, 0.25) is 0 Å². The fourth-order valence-electron chi connectivity index (χ4n) is 3.82.